The van der Waals surface area contributed by atoms with E-state index in [1.165, 1.54) is 25.7 Å². The van der Waals surface area contributed by atoms with Crippen LogP contribution in [-0.2, 0) is 23.2 Å². The van der Waals surface area contributed by atoms with E-state index in [2.05, 4.69) is 74.5 Å². The minimum absolute atomic E-state index is 0.641. The van der Waals surface area contributed by atoms with Gasteiger partial charge in [0.05, 0.1) is 0 Å². The van der Waals surface area contributed by atoms with Gasteiger partial charge in [0.1, 0.15) is 0 Å². The number of hydrogen-bond acceptors (Lipinski definition) is 0. The minimum Gasteiger partial charge on any atom is -0.146 e. The van der Waals surface area contributed by atoms with Gasteiger partial charge in [-0.05, 0) is 13.1 Å². The molecule has 0 amide bonds. The fourth-order valence-corrected chi connectivity index (χ4v) is 8.86. The van der Waals surface area contributed by atoms with Crippen molar-refractivity contribution in [2.24, 2.45) is 0 Å². The van der Waals surface area contributed by atoms with Crippen LogP contribution in [0.5, 0.6) is 0 Å². The van der Waals surface area contributed by atoms with Crippen molar-refractivity contribution < 1.29 is 23.2 Å². The smallest absolute Gasteiger partial charge is 0.146 e. The molecule has 4 heteroatoms. The zero-order valence-corrected chi connectivity index (χ0v) is 23.5. The van der Waals surface area contributed by atoms with Crippen LogP contribution in [0.15, 0.2) is 60.7 Å². The monoisotopic (exact) mass is 532 g/mol. The molecule has 0 saturated carbocycles. The van der Waals surface area contributed by atoms with Gasteiger partial charge in [0.2, 0.25) is 6.69 Å². The second-order valence-electron chi connectivity index (χ2n) is 8.51. The maximum absolute atomic E-state index is 5.43. The van der Waals surface area contributed by atoms with Crippen LogP contribution >= 0.6 is 22.2 Å². The molecule has 2 unspecified atom stereocenters. The Kier molecular flexibility index (Phi) is 8.85. The Labute approximate surface area is 204 Å². The largest absolute Gasteiger partial charge is 0.245 e. The molecule has 0 spiro atoms. The van der Waals surface area contributed by atoms with Crippen LogP contribution in [0, 0.1) is 0 Å². The van der Waals surface area contributed by atoms with Crippen molar-refractivity contribution in [3.05, 3.63) is 82.9 Å². The molecule has 30 heavy (non-hydrogen) atoms. The van der Waals surface area contributed by atoms with Gasteiger partial charge in [0.15, 0.2) is 0 Å². The molecule has 2 aliphatic carbocycles. The fourth-order valence-electron chi connectivity index (χ4n) is 4.33. The van der Waals surface area contributed by atoms with E-state index in [1.807, 2.05) is 13.1 Å². The molecule has 0 fully saturated rings. The molecule has 0 aromatic heterocycles. The summed E-state index contributed by atoms with van der Waals surface area (Å²) in [5.74, 6) is 0. The Morgan fingerprint density at radius 3 is 1.47 bits per heavy atom. The molecule has 0 radical (unpaired) electrons. The van der Waals surface area contributed by atoms with Crippen LogP contribution in [-0.4, -0.2) is 6.69 Å². The SMILES string of the molecule is CCCC1=C[CH]([Zr][CH]2C=C(CCC)c3ccccc32)c2ccccc21.C[Si](C)(Cl)Cl. The molecule has 0 saturated heterocycles. The summed E-state index contributed by atoms with van der Waals surface area (Å²) in [7, 11) is 0. The van der Waals surface area contributed by atoms with E-state index >= 15 is 0 Å². The molecule has 0 bridgehead atoms. The van der Waals surface area contributed by atoms with Gasteiger partial charge in [-0.15, -0.1) is 22.2 Å². The van der Waals surface area contributed by atoms with Crippen LogP contribution in [0.2, 0.25) is 13.1 Å². The Balaban J connectivity index is 0.000000461. The molecular formula is C26H32Cl2SiZr. The van der Waals surface area contributed by atoms with Crippen molar-refractivity contribution in [2.45, 2.75) is 59.9 Å². The molecule has 2 atom stereocenters. The molecule has 2 aromatic carbocycles. The average Bonchev–Trinajstić information content (AvgIpc) is 3.21. The number of fused-ring (bicyclic) bond motifs is 2. The summed E-state index contributed by atoms with van der Waals surface area (Å²) in [5.41, 5.74) is 9.53. The van der Waals surface area contributed by atoms with Gasteiger partial charge >= 0.3 is 164 Å². The summed E-state index contributed by atoms with van der Waals surface area (Å²) in [4.78, 5) is 0. The molecule has 2 aromatic rings. The predicted molar refractivity (Wildman–Crippen MR) is 133 cm³/mol. The second kappa shape index (κ2) is 11.0. The van der Waals surface area contributed by atoms with E-state index in [1.54, 1.807) is 33.4 Å². The van der Waals surface area contributed by atoms with Crippen molar-refractivity contribution in [3.8, 4) is 0 Å². The third kappa shape index (κ3) is 6.32. The first-order valence-electron chi connectivity index (χ1n) is 11.1. The van der Waals surface area contributed by atoms with E-state index in [0.29, 0.717) is 0 Å². The molecule has 0 heterocycles. The first-order chi connectivity index (χ1) is 14.3. The van der Waals surface area contributed by atoms with Crippen LogP contribution in [0.4, 0.5) is 0 Å². The number of benzene rings is 2. The summed E-state index contributed by atoms with van der Waals surface area (Å²) >= 11 is 10.2. The van der Waals surface area contributed by atoms with E-state index in [4.69, 9.17) is 22.2 Å². The van der Waals surface area contributed by atoms with Crippen LogP contribution in [0.25, 0.3) is 11.1 Å². The van der Waals surface area contributed by atoms with E-state index < -0.39 is 29.9 Å². The molecule has 0 N–H and O–H groups in total. The minimum atomic E-state index is -1.67. The maximum atomic E-state index is 5.43. The zero-order chi connectivity index (χ0) is 21.7. The van der Waals surface area contributed by atoms with Crippen LogP contribution in [0.1, 0.15) is 69.0 Å². The van der Waals surface area contributed by atoms with E-state index in [9.17, 15) is 0 Å². The van der Waals surface area contributed by atoms with Crippen molar-refractivity contribution in [1.29, 1.82) is 0 Å². The van der Waals surface area contributed by atoms with E-state index in [-0.39, 0.29) is 0 Å². The standard InChI is InChI=1S/2C12H13.C2H6Cl2Si.Zr/c2*1-2-5-10-8-9-11-6-3-4-7-12(10)11;1-5(2,3)4;/h2*3-4,6-9H,2,5H2,1H3;1-2H3;. The summed E-state index contributed by atoms with van der Waals surface area (Å²) in [5, 5.41) is 0. The quantitative estimate of drug-likeness (QED) is 0.256. The predicted octanol–water partition coefficient (Wildman–Crippen LogP) is 9.11. The Morgan fingerprint density at radius 1 is 0.733 bits per heavy atom. The number of halogens is 2. The molecule has 0 nitrogen and oxygen atoms in total. The van der Waals surface area contributed by atoms with Crippen molar-refractivity contribution in [1.82, 2.24) is 0 Å². The Hall–Kier alpha value is -0.400. The van der Waals surface area contributed by atoms with Gasteiger partial charge in [0.25, 0.3) is 0 Å². The van der Waals surface area contributed by atoms with Gasteiger partial charge < -0.3 is 0 Å². The third-order valence-electron chi connectivity index (χ3n) is 5.42. The number of allylic oxidation sites excluding steroid dienone is 4. The Bertz CT molecular complexity index is 851. The molecular weight excluding hydrogens is 503 g/mol. The normalized spacial score (nSPS) is 19.3. The van der Waals surface area contributed by atoms with Crippen molar-refractivity contribution >= 4 is 40.0 Å². The van der Waals surface area contributed by atoms with Gasteiger partial charge in [0, 0.05) is 0 Å². The van der Waals surface area contributed by atoms with Gasteiger partial charge in [-0.1, -0.05) is 0 Å². The summed E-state index contributed by atoms with van der Waals surface area (Å²) in [6, 6.07) is 18.3. The number of rotatable bonds is 6. The maximum Gasteiger partial charge on any atom is 0.245 e. The topological polar surface area (TPSA) is 0 Å². The van der Waals surface area contributed by atoms with Crippen LogP contribution in [0.3, 0.4) is 0 Å². The molecule has 4 rings (SSSR count). The van der Waals surface area contributed by atoms with Gasteiger partial charge in [-0.2, -0.15) is 0 Å². The summed E-state index contributed by atoms with van der Waals surface area (Å²) in [6.07, 6.45) is 10.2. The molecule has 158 valence electrons. The zero-order valence-electron chi connectivity index (χ0n) is 18.5. The average molecular weight is 535 g/mol. The van der Waals surface area contributed by atoms with Crippen LogP contribution < -0.4 is 0 Å². The molecule has 2 aliphatic rings. The van der Waals surface area contributed by atoms with Gasteiger partial charge in [-0.3, -0.25) is 0 Å². The fraction of sp³-hybridized carbons (Fsp3) is 0.385. The summed E-state index contributed by atoms with van der Waals surface area (Å²) < 4.78 is 1.47. The molecule has 0 aliphatic heterocycles. The third-order valence-corrected chi connectivity index (χ3v) is 9.53. The number of hydrogen-bond donors (Lipinski definition) is 0. The van der Waals surface area contributed by atoms with Crippen molar-refractivity contribution in [3.63, 3.8) is 0 Å². The first kappa shape index (κ1) is 24.2. The Morgan fingerprint density at radius 2 is 1.10 bits per heavy atom. The van der Waals surface area contributed by atoms with Crippen molar-refractivity contribution in [2.75, 3.05) is 0 Å². The first-order valence-corrected chi connectivity index (χ1v) is 18.9. The van der Waals surface area contributed by atoms with Gasteiger partial charge in [-0.25, -0.2) is 0 Å². The second-order valence-corrected chi connectivity index (χ2v) is 21.3. The summed E-state index contributed by atoms with van der Waals surface area (Å²) in [6.45, 7) is 6.64. The van der Waals surface area contributed by atoms with E-state index in [0.717, 1.165) is 7.25 Å².